The normalized spacial score (nSPS) is 41.9. The SMILES string of the molecule is C[C@H](CCC(=O)ON1C(=O)CCC1=O)[C@H]1CC[C@H]2[C@@H]3CC(=O)[C@@H]4CC(=O)CC[C@]4(C)[C@H]3CC[C@]12C. The fourth-order valence-electron chi connectivity index (χ4n) is 9.16. The summed E-state index contributed by atoms with van der Waals surface area (Å²) in [5, 5.41) is 0.633. The van der Waals surface area contributed by atoms with E-state index in [2.05, 4.69) is 20.8 Å². The molecule has 1 saturated heterocycles. The number of carbonyl (C=O) groups is 5. The van der Waals surface area contributed by atoms with Crippen molar-refractivity contribution in [2.75, 3.05) is 0 Å². The van der Waals surface area contributed by atoms with Gasteiger partial charge in [0.1, 0.15) is 11.6 Å². The average Bonchev–Trinajstić information content (AvgIpc) is 3.33. The van der Waals surface area contributed by atoms with Crippen molar-refractivity contribution in [2.24, 2.45) is 46.3 Å². The molecule has 0 N–H and O–H groups in total. The van der Waals surface area contributed by atoms with E-state index in [1.165, 1.54) is 0 Å². The maximum absolute atomic E-state index is 13.3. The second kappa shape index (κ2) is 8.81. The quantitative estimate of drug-likeness (QED) is 0.535. The Balaban J connectivity index is 1.24. The molecule has 0 aromatic heterocycles. The third-order valence-corrected chi connectivity index (χ3v) is 11.0. The van der Waals surface area contributed by atoms with Crippen LogP contribution in [-0.2, 0) is 28.8 Å². The van der Waals surface area contributed by atoms with Crippen LogP contribution in [0, 0.1) is 46.3 Å². The van der Waals surface area contributed by atoms with Crippen LogP contribution < -0.4 is 0 Å². The second-order valence-electron chi connectivity index (χ2n) is 12.6. The minimum Gasteiger partial charge on any atom is -0.330 e. The summed E-state index contributed by atoms with van der Waals surface area (Å²) in [4.78, 5) is 66.3. The Morgan fingerprint density at radius 2 is 1.63 bits per heavy atom. The van der Waals surface area contributed by atoms with Gasteiger partial charge >= 0.3 is 5.97 Å². The topological polar surface area (TPSA) is 97.8 Å². The Morgan fingerprint density at radius 1 is 0.943 bits per heavy atom. The zero-order valence-electron chi connectivity index (χ0n) is 21.3. The summed E-state index contributed by atoms with van der Waals surface area (Å²) in [5.41, 5.74) is 0.118. The Bertz CT molecular complexity index is 943. The third-order valence-electron chi connectivity index (χ3n) is 11.0. The summed E-state index contributed by atoms with van der Waals surface area (Å²) < 4.78 is 0. The lowest BCUT2D eigenvalue weighted by Gasteiger charge is -2.59. The largest absolute Gasteiger partial charge is 0.333 e. The number of hydroxylamine groups is 2. The highest BCUT2D eigenvalue weighted by Gasteiger charge is 2.62. The monoisotopic (exact) mass is 485 g/mol. The molecular weight excluding hydrogens is 446 g/mol. The molecule has 1 aliphatic heterocycles. The van der Waals surface area contributed by atoms with Crippen molar-refractivity contribution in [1.29, 1.82) is 0 Å². The Labute approximate surface area is 207 Å². The van der Waals surface area contributed by atoms with Gasteiger partial charge in [-0.1, -0.05) is 20.8 Å². The molecule has 8 atom stereocenters. The van der Waals surface area contributed by atoms with Crippen LogP contribution in [0.4, 0.5) is 0 Å². The van der Waals surface area contributed by atoms with Crippen LogP contribution in [0.15, 0.2) is 0 Å². The summed E-state index contributed by atoms with van der Waals surface area (Å²) in [7, 11) is 0. The van der Waals surface area contributed by atoms with Gasteiger partial charge in [0.25, 0.3) is 11.8 Å². The van der Waals surface area contributed by atoms with E-state index in [4.69, 9.17) is 4.84 Å². The van der Waals surface area contributed by atoms with Crippen LogP contribution >= 0.6 is 0 Å². The molecule has 4 saturated carbocycles. The molecule has 7 nitrogen and oxygen atoms in total. The summed E-state index contributed by atoms with van der Waals surface area (Å²) in [6.45, 7) is 6.91. The van der Waals surface area contributed by atoms with Gasteiger partial charge in [-0.3, -0.25) is 19.2 Å². The first-order chi connectivity index (χ1) is 16.5. The Morgan fingerprint density at radius 3 is 2.34 bits per heavy atom. The maximum Gasteiger partial charge on any atom is 0.333 e. The van der Waals surface area contributed by atoms with E-state index in [1.54, 1.807) is 0 Å². The summed E-state index contributed by atoms with van der Waals surface area (Å²) in [6, 6.07) is 0. The number of hydrogen-bond donors (Lipinski definition) is 0. The molecule has 5 fully saturated rings. The van der Waals surface area contributed by atoms with Gasteiger partial charge < -0.3 is 4.84 Å². The van der Waals surface area contributed by atoms with Crippen molar-refractivity contribution >= 4 is 29.4 Å². The first-order valence-electron chi connectivity index (χ1n) is 13.7. The zero-order chi connectivity index (χ0) is 25.1. The molecule has 0 bridgehead atoms. The van der Waals surface area contributed by atoms with Gasteiger partial charge in [0.2, 0.25) is 0 Å². The predicted molar refractivity (Wildman–Crippen MR) is 126 cm³/mol. The lowest BCUT2D eigenvalue weighted by atomic mass is 9.44. The highest BCUT2D eigenvalue weighted by atomic mass is 16.7. The van der Waals surface area contributed by atoms with Gasteiger partial charge in [-0.2, -0.15) is 0 Å². The lowest BCUT2D eigenvalue weighted by Crippen LogP contribution is -2.56. The van der Waals surface area contributed by atoms with E-state index in [9.17, 15) is 24.0 Å². The Kier molecular flexibility index (Phi) is 6.20. The van der Waals surface area contributed by atoms with Gasteiger partial charge in [0, 0.05) is 44.4 Å². The number of amides is 2. The highest BCUT2D eigenvalue weighted by Crippen LogP contribution is 2.67. The molecule has 192 valence electrons. The molecule has 0 aromatic rings. The van der Waals surface area contributed by atoms with Crippen LogP contribution in [0.2, 0.25) is 0 Å². The number of hydrogen-bond acceptors (Lipinski definition) is 6. The first kappa shape index (κ1) is 24.6. The highest BCUT2D eigenvalue weighted by molar-refractivity contribution is 6.01. The minimum atomic E-state index is -0.521. The van der Waals surface area contributed by atoms with Crippen LogP contribution in [0.25, 0.3) is 0 Å². The van der Waals surface area contributed by atoms with Crippen LogP contribution in [0.5, 0.6) is 0 Å². The number of imide groups is 1. The number of rotatable bonds is 5. The lowest BCUT2D eigenvalue weighted by molar-refractivity contribution is -0.197. The molecule has 5 rings (SSSR count). The summed E-state index contributed by atoms with van der Waals surface area (Å²) in [6.07, 6.45) is 8.11. The van der Waals surface area contributed by atoms with E-state index in [-0.39, 0.29) is 41.8 Å². The van der Waals surface area contributed by atoms with E-state index in [1.807, 2.05) is 0 Å². The van der Waals surface area contributed by atoms with Crippen LogP contribution in [0.1, 0.15) is 97.8 Å². The number of nitrogens with zero attached hydrogens (tertiary/aromatic N) is 1. The molecule has 2 amide bonds. The third kappa shape index (κ3) is 3.97. The van der Waals surface area contributed by atoms with Gasteiger partial charge in [-0.25, -0.2) is 4.79 Å². The molecule has 5 aliphatic rings. The fraction of sp³-hybridized carbons (Fsp3) is 0.821. The summed E-state index contributed by atoms with van der Waals surface area (Å²) >= 11 is 0. The van der Waals surface area contributed by atoms with Gasteiger partial charge in [0.05, 0.1) is 0 Å². The number of ketones is 2. The summed E-state index contributed by atoms with van der Waals surface area (Å²) in [5.74, 6) is 1.32. The van der Waals surface area contributed by atoms with Crippen molar-refractivity contribution in [2.45, 2.75) is 97.8 Å². The number of carbonyl (C=O) groups excluding carboxylic acids is 5. The van der Waals surface area contributed by atoms with Crippen molar-refractivity contribution in [3.63, 3.8) is 0 Å². The van der Waals surface area contributed by atoms with Crippen molar-refractivity contribution in [1.82, 2.24) is 5.06 Å². The smallest absolute Gasteiger partial charge is 0.330 e. The molecule has 4 aliphatic carbocycles. The molecular formula is C28H39NO6. The van der Waals surface area contributed by atoms with E-state index in [0.29, 0.717) is 66.1 Å². The molecule has 0 aromatic carbocycles. The maximum atomic E-state index is 13.3. The molecule has 0 unspecified atom stereocenters. The molecule has 1 heterocycles. The fourth-order valence-corrected chi connectivity index (χ4v) is 9.16. The molecule has 0 radical (unpaired) electrons. The Hall–Kier alpha value is -2.05. The van der Waals surface area contributed by atoms with Crippen molar-refractivity contribution in [3.05, 3.63) is 0 Å². The van der Waals surface area contributed by atoms with Gasteiger partial charge in [0.15, 0.2) is 0 Å². The van der Waals surface area contributed by atoms with E-state index >= 15 is 0 Å². The minimum absolute atomic E-state index is 0.0346. The van der Waals surface area contributed by atoms with E-state index < -0.39 is 17.8 Å². The van der Waals surface area contributed by atoms with Crippen molar-refractivity contribution < 1.29 is 28.8 Å². The van der Waals surface area contributed by atoms with E-state index in [0.717, 1.165) is 32.1 Å². The van der Waals surface area contributed by atoms with Crippen molar-refractivity contribution in [3.8, 4) is 0 Å². The molecule has 35 heavy (non-hydrogen) atoms. The standard InChI is InChI=1S/C28H39NO6/c1-16(4-9-26(34)35-29-24(32)7-8-25(29)33)19-5-6-20-18-15-23(31)22-14-17(30)10-12-28(22,3)21(18)11-13-27(19,20)2/h16,18-22H,4-15H2,1-3H3/t16-,18+,19-,20+,21+,22+,27-,28-/m1/s1. The van der Waals surface area contributed by atoms with Crippen LogP contribution in [0.3, 0.4) is 0 Å². The predicted octanol–water partition coefficient (Wildman–Crippen LogP) is 4.42. The zero-order valence-corrected chi connectivity index (χ0v) is 21.3. The van der Waals surface area contributed by atoms with Crippen LogP contribution in [-0.4, -0.2) is 34.4 Å². The number of Topliss-reactive ketones (excluding diaryl/α,β-unsaturated/α-hetero) is 2. The molecule has 0 spiro atoms. The second-order valence-corrected chi connectivity index (χ2v) is 12.6. The average molecular weight is 486 g/mol. The van der Waals surface area contributed by atoms with Gasteiger partial charge in [-0.15, -0.1) is 5.06 Å². The van der Waals surface area contributed by atoms with Gasteiger partial charge in [-0.05, 0) is 78.9 Å². The first-order valence-corrected chi connectivity index (χ1v) is 13.7. The number of fused-ring (bicyclic) bond motifs is 5. The molecule has 7 heteroatoms.